The zero-order valence-corrected chi connectivity index (χ0v) is 14.1. The van der Waals surface area contributed by atoms with E-state index in [-0.39, 0.29) is 0 Å². The van der Waals surface area contributed by atoms with E-state index in [1.807, 2.05) is 0 Å². The number of hydrogen-bond acceptors (Lipinski definition) is 3. The average molecular weight is 302 g/mol. The molecular weight excluding hydrogens is 262 g/mol. The fraction of sp³-hybridized carbons (Fsp3) is 1.00. The van der Waals surface area contributed by atoms with Crippen LogP contribution >= 0.6 is 0 Å². The summed E-state index contributed by atoms with van der Waals surface area (Å²) in [6, 6.07) is 0. The second kappa shape index (κ2) is 17.9. The average Bonchev–Trinajstić information content (AvgIpc) is 2.46. The van der Waals surface area contributed by atoms with Crippen LogP contribution < -0.4 is 5.73 Å². The highest BCUT2D eigenvalue weighted by Gasteiger charge is 1.96. The van der Waals surface area contributed by atoms with Gasteiger partial charge in [0.2, 0.25) is 0 Å². The van der Waals surface area contributed by atoms with Gasteiger partial charge in [-0.3, -0.25) is 0 Å². The van der Waals surface area contributed by atoms with Crippen LogP contribution in [0.3, 0.4) is 0 Å². The Kier molecular flexibility index (Phi) is 17.8. The van der Waals surface area contributed by atoms with Crippen LogP contribution in [-0.4, -0.2) is 23.0 Å². The molecule has 0 aliphatic carbocycles. The van der Waals surface area contributed by atoms with E-state index >= 15 is 0 Å². The molecule has 0 aromatic carbocycles. The van der Waals surface area contributed by atoms with E-state index in [9.17, 15) is 0 Å². The largest absolute Gasteiger partial charge is 0.396 e. The predicted molar refractivity (Wildman–Crippen MR) is 91.2 cm³/mol. The number of aliphatic hydroxyl groups excluding tert-OH is 2. The lowest BCUT2D eigenvalue weighted by Crippen LogP contribution is -2.17. The van der Waals surface area contributed by atoms with E-state index in [0.717, 1.165) is 19.3 Å². The highest BCUT2D eigenvalue weighted by molar-refractivity contribution is 4.51. The van der Waals surface area contributed by atoms with Gasteiger partial charge in [-0.05, 0) is 19.3 Å². The Morgan fingerprint density at radius 3 is 1.10 bits per heavy atom. The van der Waals surface area contributed by atoms with Gasteiger partial charge >= 0.3 is 0 Å². The maximum Gasteiger partial charge on any atom is 0.102 e. The molecule has 0 saturated carbocycles. The summed E-state index contributed by atoms with van der Waals surface area (Å²) in [5.74, 6) is 0. The molecule has 1 atom stereocenters. The molecule has 128 valence electrons. The molecule has 0 aliphatic rings. The van der Waals surface area contributed by atoms with Crippen LogP contribution in [0.25, 0.3) is 0 Å². The molecule has 0 aromatic heterocycles. The predicted octanol–water partition coefficient (Wildman–Crippen LogP) is 4.50. The normalized spacial score (nSPS) is 12.7. The molecule has 0 heterocycles. The van der Waals surface area contributed by atoms with E-state index in [1.54, 1.807) is 0 Å². The molecule has 0 saturated heterocycles. The molecular formula is C18H39NO2. The van der Waals surface area contributed by atoms with Crippen molar-refractivity contribution in [3.05, 3.63) is 0 Å². The van der Waals surface area contributed by atoms with Crippen LogP contribution in [-0.2, 0) is 0 Å². The van der Waals surface area contributed by atoms with Crippen LogP contribution in [0, 0.1) is 0 Å². The number of aliphatic hydroxyl groups is 2. The topological polar surface area (TPSA) is 66.5 Å². The summed E-state index contributed by atoms with van der Waals surface area (Å²) in [6.45, 7) is 0.356. The molecule has 0 amide bonds. The maximum atomic E-state index is 8.94. The second-order valence-electron chi connectivity index (χ2n) is 6.38. The molecule has 3 nitrogen and oxygen atoms in total. The standard InChI is InChI=1S/C18H39NO2/c19-18(21)16-14-12-10-8-6-4-2-1-3-5-7-9-11-13-15-17-20/h18,20-21H,1-17,19H2. The van der Waals surface area contributed by atoms with Crippen LogP contribution in [0.1, 0.15) is 103 Å². The summed E-state index contributed by atoms with van der Waals surface area (Å²) < 4.78 is 0. The Bertz CT molecular complexity index is 186. The van der Waals surface area contributed by atoms with Gasteiger partial charge in [-0.2, -0.15) is 0 Å². The maximum absolute atomic E-state index is 8.94. The first-order valence-electron chi connectivity index (χ1n) is 9.32. The third kappa shape index (κ3) is 19.9. The molecule has 0 fully saturated rings. The van der Waals surface area contributed by atoms with Crippen LogP contribution in [0.15, 0.2) is 0 Å². The highest BCUT2D eigenvalue weighted by Crippen LogP contribution is 2.13. The van der Waals surface area contributed by atoms with Gasteiger partial charge in [-0.25, -0.2) is 0 Å². The lowest BCUT2D eigenvalue weighted by atomic mass is 10.0. The third-order valence-electron chi connectivity index (χ3n) is 4.16. The summed E-state index contributed by atoms with van der Waals surface area (Å²) in [5, 5.41) is 17.6. The van der Waals surface area contributed by atoms with Gasteiger partial charge < -0.3 is 15.9 Å². The fourth-order valence-electron chi connectivity index (χ4n) is 2.76. The zero-order valence-electron chi connectivity index (χ0n) is 14.1. The highest BCUT2D eigenvalue weighted by atomic mass is 16.3. The molecule has 0 spiro atoms. The van der Waals surface area contributed by atoms with E-state index in [1.165, 1.54) is 83.5 Å². The Balaban J connectivity index is 2.93. The van der Waals surface area contributed by atoms with Crippen LogP contribution in [0.2, 0.25) is 0 Å². The van der Waals surface area contributed by atoms with E-state index < -0.39 is 6.23 Å². The molecule has 0 bridgehead atoms. The molecule has 0 rings (SSSR count). The zero-order chi connectivity index (χ0) is 15.6. The molecule has 3 heteroatoms. The Morgan fingerprint density at radius 2 is 0.810 bits per heavy atom. The van der Waals surface area contributed by atoms with Gasteiger partial charge in [-0.15, -0.1) is 0 Å². The van der Waals surface area contributed by atoms with Crippen molar-refractivity contribution in [2.75, 3.05) is 6.61 Å². The molecule has 4 N–H and O–H groups in total. The number of unbranched alkanes of at least 4 members (excludes halogenated alkanes) is 14. The van der Waals surface area contributed by atoms with Crippen molar-refractivity contribution in [2.24, 2.45) is 5.73 Å². The summed E-state index contributed by atoms with van der Waals surface area (Å²) in [7, 11) is 0. The van der Waals surface area contributed by atoms with Gasteiger partial charge in [0.05, 0.1) is 0 Å². The minimum atomic E-state index is -0.611. The first kappa shape index (κ1) is 20.9. The molecule has 0 aliphatic heterocycles. The summed E-state index contributed by atoms with van der Waals surface area (Å²) in [4.78, 5) is 0. The molecule has 21 heavy (non-hydrogen) atoms. The minimum absolute atomic E-state index is 0.356. The number of nitrogens with two attached hydrogens (primary N) is 1. The van der Waals surface area contributed by atoms with Crippen molar-refractivity contribution in [2.45, 2.75) is 109 Å². The quantitative estimate of drug-likeness (QED) is 0.274. The summed E-state index contributed by atoms with van der Waals surface area (Å²) in [5.41, 5.74) is 5.30. The van der Waals surface area contributed by atoms with Crippen LogP contribution in [0.5, 0.6) is 0 Å². The summed E-state index contributed by atoms with van der Waals surface area (Å²) >= 11 is 0. The van der Waals surface area contributed by atoms with Crippen LogP contribution in [0.4, 0.5) is 0 Å². The Morgan fingerprint density at radius 1 is 0.524 bits per heavy atom. The first-order valence-corrected chi connectivity index (χ1v) is 9.32. The van der Waals surface area contributed by atoms with Gasteiger partial charge in [0.25, 0.3) is 0 Å². The lowest BCUT2D eigenvalue weighted by molar-refractivity contribution is 0.168. The lowest BCUT2D eigenvalue weighted by Gasteiger charge is -2.04. The Labute approximate surface area is 132 Å². The SMILES string of the molecule is NC(O)CCCCCCCCCCCCCCCCCO. The first-order chi connectivity index (χ1) is 10.3. The number of rotatable bonds is 17. The van der Waals surface area contributed by atoms with Gasteiger partial charge in [0.15, 0.2) is 0 Å². The van der Waals surface area contributed by atoms with Gasteiger partial charge in [0.1, 0.15) is 6.23 Å². The van der Waals surface area contributed by atoms with Gasteiger partial charge in [-0.1, -0.05) is 83.5 Å². The summed E-state index contributed by atoms with van der Waals surface area (Å²) in [6.07, 6.45) is 19.6. The van der Waals surface area contributed by atoms with E-state index in [4.69, 9.17) is 15.9 Å². The smallest absolute Gasteiger partial charge is 0.102 e. The van der Waals surface area contributed by atoms with Crippen molar-refractivity contribution in [1.82, 2.24) is 0 Å². The third-order valence-corrected chi connectivity index (χ3v) is 4.16. The van der Waals surface area contributed by atoms with E-state index in [0.29, 0.717) is 6.61 Å². The molecule has 0 aromatic rings. The van der Waals surface area contributed by atoms with Crippen molar-refractivity contribution in [1.29, 1.82) is 0 Å². The molecule has 1 unspecified atom stereocenters. The van der Waals surface area contributed by atoms with Crippen molar-refractivity contribution < 1.29 is 10.2 Å². The monoisotopic (exact) mass is 301 g/mol. The fourth-order valence-corrected chi connectivity index (χ4v) is 2.76. The van der Waals surface area contributed by atoms with Gasteiger partial charge in [0, 0.05) is 6.61 Å². The number of hydrogen-bond donors (Lipinski definition) is 3. The van der Waals surface area contributed by atoms with E-state index in [2.05, 4.69) is 0 Å². The minimum Gasteiger partial charge on any atom is -0.396 e. The van der Waals surface area contributed by atoms with Crippen molar-refractivity contribution in [3.63, 3.8) is 0 Å². The Hall–Kier alpha value is -0.120. The molecule has 0 radical (unpaired) electrons. The van der Waals surface area contributed by atoms with Crippen molar-refractivity contribution in [3.8, 4) is 0 Å². The van der Waals surface area contributed by atoms with Crippen molar-refractivity contribution >= 4 is 0 Å². The second-order valence-corrected chi connectivity index (χ2v) is 6.38.